The molecule has 0 saturated carbocycles. The predicted octanol–water partition coefficient (Wildman–Crippen LogP) is 2.95. The van der Waals surface area contributed by atoms with Crippen LogP contribution in [0.15, 0.2) is 51.9 Å². The lowest BCUT2D eigenvalue weighted by molar-refractivity contribution is 0.0997. The highest BCUT2D eigenvalue weighted by molar-refractivity contribution is 6.02. The number of nitrogens with one attached hydrogen (secondary N) is 1. The molecule has 3 aromatic heterocycles. The monoisotopic (exact) mass is 375 g/mol. The van der Waals surface area contributed by atoms with Crippen LogP contribution in [0.3, 0.4) is 0 Å². The number of fused-ring (bicyclic) bond motifs is 1. The van der Waals surface area contributed by atoms with Gasteiger partial charge in [-0.1, -0.05) is 12.1 Å². The first-order valence-corrected chi connectivity index (χ1v) is 8.63. The molecule has 8 heteroatoms. The van der Waals surface area contributed by atoms with E-state index in [1.54, 1.807) is 24.3 Å². The molecule has 1 N–H and O–H groups in total. The van der Waals surface area contributed by atoms with E-state index in [-0.39, 0.29) is 11.2 Å². The highest BCUT2D eigenvalue weighted by Gasteiger charge is 2.14. The summed E-state index contributed by atoms with van der Waals surface area (Å²) in [5.74, 6) is 0.616. The SMILES string of the molecule is Cc1nc(C)n(-c2ncc(NC(=O)c3cc(=O)c4ccccc4o3)cn2)c1C. The van der Waals surface area contributed by atoms with Gasteiger partial charge in [0.1, 0.15) is 11.4 Å². The molecule has 0 spiro atoms. The zero-order valence-electron chi connectivity index (χ0n) is 15.6. The van der Waals surface area contributed by atoms with Crippen LogP contribution in [0.4, 0.5) is 5.69 Å². The van der Waals surface area contributed by atoms with Gasteiger partial charge in [-0.2, -0.15) is 0 Å². The summed E-state index contributed by atoms with van der Waals surface area (Å²) in [5, 5.41) is 3.07. The average molecular weight is 375 g/mol. The third-order valence-corrected chi connectivity index (χ3v) is 4.47. The number of imidazole rings is 1. The second-order valence-corrected chi connectivity index (χ2v) is 6.36. The molecule has 1 amide bonds. The number of aromatic nitrogens is 4. The molecule has 0 unspecified atom stereocenters. The molecule has 0 fully saturated rings. The number of carbonyl (C=O) groups excluding carboxylic acids is 1. The van der Waals surface area contributed by atoms with Crippen LogP contribution in [0.2, 0.25) is 0 Å². The molecule has 0 radical (unpaired) electrons. The van der Waals surface area contributed by atoms with Gasteiger partial charge in [0.2, 0.25) is 5.95 Å². The van der Waals surface area contributed by atoms with Gasteiger partial charge >= 0.3 is 0 Å². The summed E-state index contributed by atoms with van der Waals surface area (Å²) in [6.45, 7) is 5.74. The molecule has 4 rings (SSSR count). The summed E-state index contributed by atoms with van der Waals surface area (Å²) >= 11 is 0. The van der Waals surface area contributed by atoms with E-state index in [2.05, 4.69) is 20.3 Å². The number of amides is 1. The molecular formula is C20H17N5O3. The van der Waals surface area contributed by atoms with Crippen molar-refractivity contribution in [2.45, 2.75) is 20.8 Å². The fraction of sp³-hybridized carbons (Fsp3) is 0.150. The van der Waals surface area contributed by atoms with Crippen molar-refractivity contribution in [2.75, 3.05) is 5.32 Å². The Balaban J connectivity index is 1.59. The van der Waals surface area contributed by atoms with E-state index >= 15 is 0 Å². The highest BCUT2D eigenvalue weighted by Crippen LogP contribution is 2.16. The molecule has 0 aliphatic heterocycles. The minimum Gasteiger partial charge on any atom is -0.451 e. The van der Waals surface area contributed by atoms with Crippen molar-refractivity contribution in [3.8, 4) is 5.95 Å². The first-order chi connectivity index (χ1) is 13.4. The van der Waals surface area contributed by atoms with Crippen LogP contribution >= 0.6 is 0 Å². The molecule has 8 nitrogen and oxygen atoms in total. The van der Waals surface area contributed by atoms with Gasteiger partial charge in [0.15, 0.2) is 11.2 Å². The van der Waals surface area contributed by atoms with Gasteiger partial charge in [0, 0.05) is 11.8 Å². The lowest BCUT2D eigenvalue weighted by Crippen LogP contribution is -2.15. The van der Waals surface area contributed by atoms with E-state index in [0.717, 1.165) is 17.2 Å². The molecule has 0 aliphatic carbocycles. The van der Waals surface area contributed by atoms with Crippen molar-refractivity contribution in [2.24, 2.45) is 0 Å². The van der Waals surface area contributed by atoms with Crippen LogP contribution in [0.1, 0.15) is 27.8 Å². The van der Waals surface area contributed by atoms with E-state index in [0.29, 0.717) is 22.6 Å². The smallest absolute Gasteiger partial charge is 0.291 e. The number of para-hydroxylation sites is 1. The molecule has 3 heterocycles. The minimum atomic E-state index is -0.551. The normalized spacial score (nSPS) is 11.0. The first-order valence-electron chi connectivity index (χ1n) is 8.63. The van der Waals surface area contributed by atoms with Crippen LogP contribution in [-0.2, 0) is 0 Å². The quantitative estimate of drug-likeness (QED) is 0.590. The lowest BCUT2D eigenvalue weighted by atomic mass is 10.2. The standard InChI is InChI=1S/C20H17N5O3/c1-11-12(2)25(13(3)23-11)20-21-9-14(10-22-20)24-19(27)18-8-16(26)15-6-4-5-7-17(15)28-18/h4-10H,1-3H3,(H,24,27). The fourth-order valence-electron chi connectivity index (χ4n) is 2.98. The zero-order chi connectivity index (χ0) is 19.8. The number of nitrogens with zero attached hydrogens (tertiary/aromatic N) is 4. The average Bonchev–Trinajstić information content (AvgIpc) is 2.94. The zero-order valence-corrected chi connectivity index (χ0v) is 15.6. The van der Waals surface area contributed by atoms with Crippen molar-refractivity contribution < 1.29 is 9.21 Å². The second-order valence-electron chi connectivity index (χ2n) is 6.36. The van der Waals surface area contributed by atoms with E-state index < -0.39 is 5.91 Å². The molecule has 4 aromatic rings. The Morgan fingerprint density at radius 3 is 2.50 bits per heavy atom. The third-order valence-electron chi connectivity index (χ3n) is 4.47. The first kappa shape index (κ1) is 17.6. The Labute approximate surface area is 159 Å². The molecule has 0 aliphatic rings. The number of hydrogen-bond acceptors (Lipinski definition) is 6. The molecule has 1 aromatic carbocycles. The van der Waals surface area contributed by atoms with Gasteiger partial charge in [-0.05, 0) is 32.9 Å². The molecule has 140 valence electrons. The van der Waals surface area contributed by atoms with E-state index in [9.17, 15) is 9.59 Å². The maximum atomic E-state index is 12.5. The molecule has 28 heavy (non-hydrogen) atoms. The van der Waals surface area contributed by atoms with Gasteiger partial charge < -0.3 is 9.73 Å². The fourth-order valence-corrected chi connectivity index (χ4v) is 2.98. The van der Waals surface area contributed by atoms with Crippen molar-refractivity contribution in [1.29, 1.82) is 0 Å². The molecule has 0 bridgehead atoms. The number of carbonyl (C=O) groups is 1. The van der Waals surface area contributed by atoms with Crippen molar-refractivity contribution >= 4 is 22.6 Å². The van der Waals surface area contributed by atoms with E-state index in [1.165, 1.54) is 18.5 Å². The lowest BCUT2D eigenvalue weighted by Gasteiger charge is -2.08. The maximum Gasteiger partial charge on any atom is 0.291 e. The van der Waals surface area contributed by atoms with Gasteiger partial charge in [0.05, 0.1) is 29.2 Å². The molecule has 0 saturated heterocycles. The van der Waals surface area contributed by atoms with E-state index in [4.69, 9.17) is 4.42 Å². The predicted molar refractivity (Wildman–Crippen MR) is 104 cm³/mol. The van der Waals surface area contributed by atoms with Gasteiger partial charge in [-0.15, -0.1) is 0 Å². The van der Waals surface area contributed by atoms with Crippen LogP contribution < -0.4 is 10.7 Å². The van der Waals surface area contributed by atoms with Crippen molar-refractivity contribution in [3.63, 3.8) is 0 Å². The Hall–Kier alpha value is -3.81. The summed E-state index contributed by atoms with van der Waals surface area (Å²) < 4.78 is 7.38. The van der Waals surface area contributed by atoms with Crippen molar-refractivity contribution in [3.05, 3.63) is 75.9 Å². The summed E-state index contributed by atoms with van der Waals surface area (Å²) in [7, 11) is 0. The minimum absolute atomic E-state index is 0.0790. The van der Waals surface area contributed by atoms with Crippen LogP contribution in [-0.4, -0.2) is 25.4 Å². The largest absolute Gasteiger partial charge is 0.451 e. The topological polar surface area (TPSA) is 103 Å². The number of rotatable bonds is 3. The number of hydrogen-bond donors (Lipinski definition) is 1. The Morgan fingerprint density at radius 2 is 1.82 bits per heavy atom. The summed E-state index contributed by atoms with van der Waals surface area (Å²) in [4.78, 5) is 37.6. The maximum absolute atomic E-state index is 12.5. The van der Waals surface area contributed by atoms with Crippen LogP contribution in [0.25, 0.3) is 16.9 Å². The Morgan fingerprint density at radius 1 is 1.11 bits per heavy atom. The van der Waals surface area contributed by atoms with E-state index in [1.807, 2.05) is 25.3 Å². The number of aryl methyl sites for hydroxylation is 2. The Bertz CT molecular complexity index is 1260. The summed E-state index contributed by atoms with van der Waals surface area (Å²) in [6, 6.07) is 7.94. The third kappa shape index (κ3) is 3.05. The second kappa shape index (κ2) is 6.73. The number of benzene rings is 1. The highest BCUT2D eigenvalue weighted by atomic mass is 16.3. The Kier molecular flexibility index (Phi) is 4.23. The molecule has 0 atom stereocenters. The van der Waals surface area contributed by atoms with Gasteiger partial charge in [-0.25, -0.2) is 15.0 Å². The summed E-state index contributed by atoms with van der Waals surface area (Å²) in [6.07, 6.45) is 2.99. The molecular weight excluding hydrogens is 358 g/mol. The van der Waals surface area contributed by atoms with Crippen molar-refractivity contribution in [1.82, 2.24) is 19.5 Å². The summed E-state index contributed by atoms with van der Waals surface area (Å²) in [5.41, 5.74) is 2.32. The van der Waals surface area contributed by atoms with Gasteiger partial charge in [-0.3, -0.25) is 14.2 Å². The van der Waals surface area contributed by atoms with Crippen LogP contribution in [0, 0.1) is 20.8 Å². The van der Waals surface area contributed by atoms with Crippen LogP contribution in [0.5, 0.6) is 0 Å². The van der Waals surface area contributed by atoms with Gasteiger partial charge in [0.25, 0.3) is 5.91 Å². The number of anilines is 1.